The van der Waals surface area contributed by atoms with Crippen molar-refractivity contribution in [1.82, 2.24) is 0 Å². The zero-order valence-electron chi connectivity index (χ0n) is 34.2. The minimum atomic E-state index is -4.39. The van der Waals surface area contributed by atoms with Crippen LogP contribution in [0.25, 0.3) is 0 Å². The minimum absolute atomic E-state index is 0.0187. The number of allylic oxidation sites excluding steroid dienone is 4. The van der Waals surface area contributed by atoms with Crippen LogP contribution in [0, 0.1) is 0 Å². The summed E-state index contributed by atoms with van der Waals surface area (Å²) in [6.45, 7) is 4.29. The first-order chi connectivity index (χ1) is 25.5. The van der Waals surface area contributed by atoms with Gasteiger partial charge in [0.25, 0.3) is 0 Å². The molecule has 0 amide bonds. The van der Waals surface area contributed by atoms with E-state index in [-0.39, 0.29) is 44.2 Å². The molecule has 0 aromatic rings. The molecule has 0 radical (unpaired) electrons. The number of carbonyl (C=O) groups is 2. The summed E-state index contributed by atoms with van der Waals surface area (Å²) in [6.07, 6.45) is 35.1. The molecule has 1 fully saturated rings. The van der Waals surface area contributed by atoms with Gasteiger partial charge in [0.2, 0.25) is 0 Å². The molecular formula is C42H77NO9P+. The Hall–Kier alpha value is -1.81. The average Bonchev–Trinajstić information content (AvgIpc) is 3.86. The van der Waals surface area contributed by atoms with Gasteiger partial charge in [0.1, 0.15) is 19.8 Å². The predicted octanol–water partition coefficient (Wildman–Crippen LogP) is 10.3. The van der Waals surface area contributed by atoms with E-state index < -0.39 is 26.5 Å². The Balaban J connectivity index is 2.36. The first-order valence-corrected chi connectivity index (χ1v) is 22.3. The summed E-state index contributed by atoms with van der Waals surface area (Å²) in [7, 11) is 1.43. The molecule has 0 aromatic carbocycles. The van der Waals surface area contributed by atoms with E-state index in [1.54, 1.807) is 0 Å². The van der Waals surface area contributed by atoms with Crippen molar-refractivity contribution in [1.29, 1.82) is 0 Å². The van der Waals surface area contributed by atoms with Crippen LogP contribution in [0.3, 0.4) is 0 Å². The van der Waals surface area contributed by atoms with Crippen LogP contribution in [0.1, 0.15) is 155 Å². The summed E-state index contributed by atoms with van der Waals surface area (Å²) in [6, 6.07) is 0. The molecule has 0 bridgehead atoms. The fraction of sp³-hybridized carbons (Fsp3) is 0.810. The number of epoxide rings is 1. The molecule has 1 saturated heterocycles. The van der Waals surface area contributed by atoms with E-state index in [0.29, 0.717) is 23.9 Å². The number of carbonyl (C=O) groups excluding carboxylic acids is 2. The number of phosphoric ester groups is 1. The summed E-state index contributed by atoms with van der Waals surface area (Å²) < 4.78 is 39.9. The van der Waals surface area contributed by atoms with Gasteiger partial charge in [0, 0.05) is 12.8 Å². The molecule has 0 spiro atoms. The molecule has 1 aliphatic rings. The van der Waals surface area contributed by atoms with Crippen molar-refractivity contribution >= 4 is 19.8 Å². The number of esters is 2. The van der Waals surface area contributed by atoms with Gasteiger partial charge in [-0.1, -0.05) is 127 Å². The van der Waals surface area contributed by atoms with Gasteiger partial charge < -0.3 is 23.6 Å². The van der Waals surface area contributed by atoms with Gasteiger partial charge in [-0.15, -0.1) is 0 Å². The van der Waals surface area contributed by atoms with Crippen LogP contribution in [0.4, 0.5) is 0 Å². The number of hydrogen-bond acceptors (Lipinski definition) is 8. The highest BCUT2D eigenvalue weighted by Crippen LogP contribution is 2.43. The number of nitrogens with zero attached hydrogens (tertiary/aromatic N) is 1. The van der Waals surface area contributed by atoms with Crippen molar-refractivity contribution in [2.75, 3.05) is 47.5 Å². The van der Waals surface area contributed by atoms with Crippen LogP contribution in [-0.2, 0) is 37.4 Å². The van der Waals surface area contributed by atoms with Crippen LogP contribution in [0.15, 0.2) is 36.5 Å². The van der Waals surface area contributed by atoms with Gasteiger partial charge >= 0.3 is 19.8 Å². The molecule has 11 heteroatoms. The maximum absolute atomic E-state index is 12.7. The van der Waals surface area contributed by atoms with Crippen molar-refractivity contribution in [3.8, 4) is 0 Å². The fourth-order valence-electron chi connectivity index (χ4n) is 5.63. The van der Waals surface area contributed by atoms with Crippen molar-refractivity contribution < 1.29 is 46.8 Å². The van der Waals surface area contributed by atoms with Crippen LogP contribution < -0.4 is 0 Å². The minimum Gasteiger partial charge on any atom is -0.462 e. The lowest BCUT2D eigenvalue weighted by molar-refractivity contribution is -0.870. The Morgan fingerprint density at radius 3 is 1.85 bits per heavy atom. The first-order valence-electron chi connectivity index (χ1n) is 20.8. The fourth-order valence-corrected chi connectivity index (χ4v) is 6.38. The smallest absolute Gasteiger partial charge is 0.462 e. The average molecular weight is 771 g/mol. The summed E-state index contributed by atoms with van der Waals surface area (Å²) >= 11 is 0. The number of ether oxygens (including phenoxy) is 3. The molecule has 0 saturated carbocycles. The second-order valence-corrected chi connectivity index (χ2v) is 16.9. The van der Waals surface area contributed by atoms with Gasteiger partial charge in [0.15, 0.2) is 6.10 Å². The zero-order chi connectivity index (χ0) is 39.0. The molecule has 4 atom stereocenters. The SMILES string of the molecule is CCCCC/C=C\C/C=C\CC1OC1C/C=C\CCCC(=O)O[C@H](COC(=O)CCCCCCCCCCCCC)COP(=O)(O)OCC[N+](C)(C)C. The molecule has 10 nitrogen and oxygen atoms in total. The van der Waals surface area contributed by atoms with E-state index in [9.17, 15) is 19.0 Å². The number of quaternary nitrogens is 1. The summed E-state index contributed by atoms with van der Waals surface area (Å²) in [4.78, 5) is 35.3. The van der Waals surface area contributed by atoms with Crippen LogP contribution in [-0.4, -0.2) is 87.1 Å². The maximum Gasteiger partial charge on any atom is 0.472 e. The highest BCUT2D eigenvalue weighted by atomic mass is 31.2. The number of phosphoric acid groups is 1. The standard InChI is InChI=1S/C42H76NO9P/c1-6-8-10-12-14-16-17-19-21-23-28-32-41(44)48-36-38(37-50-53(46,47)49-35-34-43(3,4)5)51-42(45)33-29-25-24-27-31-40-39(52-40)30-26-22-20-18-15-13-11-9-7-2/h15,18,22,24,26-27,38-40H,6-14,16-17,19-21,23,25,28-37H2,1-5H3/p+1/b18-15-,26-22-,27-24-/t38-,39?,40?/m1/s1. The second-order valence-electron chi connectivity index (χ2n) is 15.4. The third-order valence-corrected chi connectivity index (χ3v) is 10.1. The van der Waals surface area contributed by atoms with Gasteiger partial charge in [0.05, 0.1) is 40.0 Å². The van der Waals surface area contributed by atoms with Crippen molar-refractivity contribution in [2.24, 2.45) is 0 Å². The normalized spacial score (nSPS) is 17.8. The van der Waals surface area contributed by atoms with Gasteiger partial charge in [-0.3, -0.25) is 18.6 Å². The molecular weight excluding hydrogens is 693 g/mol. The van der Waals surface area contributed by atoms with E-state index >= 15 is 0 Å². The maximum atomic E-state index is 12.7. The Labute approximate surface area is 323 Å². The predicted molar refractivity (Wildman–Crippen MR) is 214 cm³/mol. The van der Waals surface area contributed by atoms with Crippen molar-refractivity contribution in [2.45, 2.75) is 173 Å². The Morgan fingerprint density at radius 2 is 1.21 bits per heavy atom. The largest absolute Gasteiger partial charge is 0.472 e. The van der Waals surface area contributed by atoms with Gasteiger partial charge in [-0.05, 0) is 51.4 Å². The number of hydrogen-bond donors (Lipinski definition) is 1. The van der Waals surface area contributed by atoms with Crippen molar-refractivity contribution in [3.05, 3.63) is 36.5 Å². The lowest BCUT2D eigenvalue weighted by atomic mass is 10.1. The number of likely N-dealkylation sites (N-methyl/N-ethyl adjacent to an activating group) is 1. The number of rotatable bonds is 36. The Morgan fingerprint density at radius 1 is 0.679 bits per heavy atom. The molecule has 53 heavy (non-hydrogen) atoms. The van der Waals surface area contributed by atoms with E-state index in [4.69, 9.17) is 23.3 Å². The topological polar surface area (TPSA) is 121 Å². The monoisotopic (exact) mass is 771 g/mol. The lowest BCUT2D eigenvalue weighted by Gasteiger charge is -2.24. The molecule has 1 heterocycles. The zero-order valence-corrected chi connectivity index (χ0v) is 35.1. The third-order valence-electron chi connectivity index (χ3n) is 9.08. The Kier molecular flexibility index (Phi) is 29.2. The van der Waals surface area contributed by atoms with Gasteiger partial charge in [-0.25, -0.2) is 4.57 Å². The summed E-state index contributed by atoms with van der Waals surface area (Å²) in [5, 5.41) is 0. The molecule has 0 aliphatic carbocycles. The molecule has 1 rings (SSSR count). The van der Waals surface area contributed by atoms with Crippen molar-refractivity contribution in [3.63, 3.8) is 0 Å². The molecule has 0 aromatic heterocycles. The summed E-state index contributed by atoms with van der Waals surface area (Å²) in [5.74, 6) is -0.873. The first kappa shape index (κ1) is 49.2. The van der Waals surface area contributed by atoms with Gasteiger partial charge in [-0.2, -0.15) is 0 Å². The Bertz CT molecular complexity index is 1070. The summed E-state index contributed by atoms with van der Waals surface area (Å²) in [5.41, 5.74) is 0. The quantitative estimate of drug-likeness (QED) is 0.0166. The highest BCUT2D eigenvalue weighted by molar-refractivity contribution is 7.47. The van der Waals surface area contributed by atoms with Crippen LogP contribution >= 0.6 is 7.82 Å². The van der Waals surface area contributed by atoms with E-state index in [0.717, 1.165) is 44.9 Å². The number of unbranched alkanes of at least 4 members (excludes halogenated alkanes) is 14. The molecule has 3 unspecified atom stereocenters. The van der Waals surface area contributed by atoms with Crippen LogP contribution in [0.5, 0.6) is 0 Å². The van der Waals surface area contributed by atoms with Crippen LogP contribution in [0.2, 0.25) is 0 Å². The van der Waals surface area contributed by atoms with E-state index in [1.807, 2.05) is 21.1 Å². The molecule has 308 valence electrons. The van der Waals surface area contributed by atoms with E-state index in [1.165, 1.54) is 70.6 Å². The second kappa shape index (κ2) is 31.4. The highest BCUT2D eigenvalue weighted by Gasteiger charge is 2.36. The third kappa shape index (κ3) is 32.2. The molecule has 1 aliphatic heterocycles. The van der Waals surface area contributed by atoms with E-state index in [2.05, 4.69) is 50.3 Å². The lowest BCUT2D eigenvalue weighted by Crippen LogP contribution is -2.37. The molecule has 1 N–H and O–H groups in total.